The van der Waals surface area contributed by atoms with Crippen LogP contribution in [0.3, 0.4) is 0 Å². The number of nitrogens with one attached hydrogen (secondary N) is 1. The lowest BCUT2D eigenvalue weighted by molar-refractivity contribution is 0.0943. The molecule has 0 aliphatic carbocycles. The lowest BCUT2D eigenvalue weighted by Crippen LogP contribution is -2.27. The number of carbonyl (C=O) groups is 1. The van der Waals surface area contributed by atoms with Gasteiger partial charge in [0, 0.05) is 5.69 Å². The molecule has 3 N–H and O–H groups in total. The first-order valence-electron chi connectivity index (χ1n) is 6.10. The van der Waals surface area contributed by atoms with Crippen LogP contribution < -0.4 is 11.1 Å². The summed E-state index contributed by atoms with van der Waals surface area (Å²) in [5.74, 6) is -0.150. The summed E-state index contributed by atoms with van der Waals surface area (Å²) >= 11 is 1.12. The van der Waals surface area contributed by atoms with Gasteiger partial charge in [0.05, 0.1) is 11.7 Å². The van der Waals surface area contributed by atoms with Gasteiger partial charge >= 0.3 is 0 Å². The number of nitrogen functional groups attached to an aromatic ring is 1. The van der Waals surface area contributed by atoms with Gasteiger partial charge in [-0.1, -0.05) is 29.6 Å². The summed E-state index contributed by atoms with van der Waals surface area (Å²) in [4.78, 5) is 12.7. The first kappa shape index (κ1) is 13.5. The summed E-state index contributed by atoms with van der Waals surface area (Å²) in [6.07, 6.45) is 0.696. The van der Waals surface area contributed by atoms with Crippen LogP contribution in [0, 0.1) is 0 Å². The second-order valence-electron chi connectivity index (χ2n) is 4.23. The lowest BCUT2D eigenvalue weighted by atomic mass is 10.1. The van der Waals surface area contributed by atoms with Crippen LogP contribution in [0.2, 0.25) is 0 Å². The number of carbonyl (C=O) groups excluding carboxylic acids is 1. The second-order valence-corrected chi connectivity index (χ2v) is 4.98. The molecule has 1 unspecified atom stereocenters. The van der Waals surface area contributed by atoms with E-state index in [2.05, 4.69) is 14.9 Å². The highest BCUT2D eigenvalue weighted by Gasteiger charge is 2.18. The van der Waals surface area contributed by atoms with E-state index < -0.39 is 0 Å². The molecular weight excluding hydrogens is 260 g/mol. The van der Waals surface area contributed by atoms with Crippen molar-refractivity contribution in [2.75, 3.05) is 5.73 Å². The van der Waals surface area contributed by atoms with Gasteiger partial charge in [0.25, 0.3) is 5.91 Å². The van der Waals surface area contributed by atoms with Gasteiger partial charge in [0.1, 0.15) is 4.88 Å². The van der Waals surface area contributed by atoms with E-state index in [-0.39, 0.29) is 11.9 Å². The molecule has 0 spiro atoms. The normalized spacial score (nSPS) is 12.1. The molecule has 0 aliphatic rings. The van der Waals surface area contributed by atoms with Crippen molar-refractivity contribution in [1.29, 1.82) is 0 Å². The minimum atomic E-state index is -0.152. The number of hydrogen-bond acceptors (Lipinski definition) is 5. The molecule has 1 atom stereocenters. The molecule has 1 aromatic carbocycles. The highest BCUT2D eigenvalue weighted by Crippen LogP contribution is 2.20. The number of nitrogens with two attached hydrogens (primary N) is 1. The van der Waals surface area contributed by atoms with E-state index in [0.717, 1.165) is 22.8 Å². The Balaban J connectivity index is 2.13. The molecule has 6 heteroatoms. The van der Waals surface area contributed by atoms with E-state index in [9.17, 15) is 4.79 Å². The van der Waals surface area contributed by atoms with Crippen molar-refractivity contribution in [3.63, 3.8) is 0 Å². The molecule has 2 rings (SSSR count). The molecule has 0 bridgehead atoms. The summed E-state index contributed by atoms with van der Waals surface area (Å²) in [5, 5.41) is 6.86. The largest absolute Gasteiger partial charge is 0.398 e. The zero-order valence-corrected chi connectivity index (χ0v) is 11.7. The van der Waals surface area contributed by atoms with Crippen molar-refractivity contribution in [1.82, 2.24) is 14.9 Å². The Labute approximate surface area is 116 Å². The van der Waals surface area contributed by atoms with Crippen LogP contribution >= 0.6 is 11.5 Å². The molecule has 0 saturated heterocycles. The van der Waals surface area contributed by atoms with Gasteiger partial charge in [-0.05, 0) is 36.5 Å². The Kier molecular flexibility index (Phi) is 4.11. The number of benzene rings is 1. The predicted molar refractivity (Wildman–Crippen MR) is 76.0 cm³/mol. The summed E-state index contributed by atoms with van der Waals surface area (Å²) < 4.78 is 3.82. The second kappa shape index (κ2) is 5.79. The first-order chi connectivity index (χ1) is 9.13. The van der Waals surface area contributed by atoms with Gasteiger partial charge in [-0.3, -0.25) is 4.79 Å². The number of nitrogens with zero attached hydrogens (tertiary/aromatic N) is 2. The molecule has 0 aliphatic heterocycles. The molecule has 0 fully saturated rings. The number of anilines is 1. The van der Waals surface area contributed by atoms with Gasteiger partial charge in [0.15, 0.2) is 0 Å². The van der Waals surface area contributed by atoms with Crippen molar-refractivity contribution < 1.29 is 4.79 Å². The van der Waals surface area contributed by atoms with Crippen molar-refractivity contribution in [3.8, 4) is 0 Å². The highest BCUT2D eigenvalue weighted by atomic mass is 32.1. The Bertz CT molecular complexity index is 582. The van der Waals surface area contributed by atoms with E-state index >= 15 is 0 Å². The van der Waals surface area contributed by atoms with Gasteiger partial charge in [-0.2, -0.15) is 0 Å². The molecule has 5 nitrogen and oxygen atoms in total. The molecule has 0 radical (unpaired) electrons. The smallest absolute Gasteiger partial charge is 0.265 e. The molecular formula is C13H16N4OS. The minimum Gasteiger partial charge on any atom is -0.398 e. The maximum atomic E-state index is 12.2. The van der Waals surface area contributed by atoms with Crippen LogP contribution in [-0.2, 0) is 6.42 Å². The molecule has 100 valence electrons. The van der Waals surface area contributed by atoms with Crippen LogP contribution in [0.5, 0.6) is 0 Å². The SMILES string of the molecule is CCc1nnsc1C(=O)NC(C)c1ccccc1N. The van der Waals surface area contributed by atoms with Crippen LogP contribution in [0.4, 0.5) is 5.69 Å². The number of amides is 1. The van der Waals surface area contributed by atoms with Crippen molar-refractivity contribution in [2.24, 2.45) is 0 Å². The average Bonchev–Trinajstić information content (AvgIpc) is 2.87. The molecule has 1 aromatic heterocycles. The molecule has 2 aromatic rings. The fourth-order valence-electron chi connectivity index (χ4n) is 1.86. The average molecular weight is 276 g/mol. The number of para-hydroxylation sites is 1. The summed E-state index contributed by atoms with van der Waals surface area (Å²) in [5.41, 5.74) is 8.21. The third-order valence-corrected chi connectivity index (χ3v) is 3.67. The van der Waals surface area contributed by atoms with Crippen LogP contribution in [0.1, 0.15) is 40.8 Å². The van der Waals surface area contributed by atoms with Crippen molar-refractivity contribution >= 4 is 23.1 Å². The van der Waals surface area contributed by atoms with Crippen molar-refractivity contribution in [2.45, 2.75) is 26.3 Å². The van der Waals surface area contributed by atoms with Crippen LogP contribution in [0.25, 0.3) is 0 Å². The summed E-state index contributed by atoms with van der Waals surface area (Å²) in [7, 11) is 0. The predicted octanol–water partition coefficient (Wildman–Crippen LogP) is 2.17. The summed E-state index contributed by atoms with van der Waals surface area (Å²) in [6.45, 7) is 3.86. The fourth-order valence-corrected chi connectivity index (χ4v) is 2.51. The maximum absolute atomic E-state index is 12.2. The Hall–Kier alpha value is -1.95. The van der Waals surface area contributed by atoms with E-state index in [4.69, 9.17) is 5.73 Å². The molecule has 1 amide bonds. The first-order valence-corrected chi connectivity index (χ1v) is 6.87. The zero-order valence-electron chi connectivity index (χ0n) is 10.9. The highest BCUT2D eigenvalue weighted by molar-refractivity contribution is 7.08. The quantitative estimate of drug-likeness (QED) is 0.839. The maximum Gasteiger partial charge on any atom is 0.265 e. The molecule has 0 saturated carbocycles. The van der Waals surface area contributed by atoms with Crippen molar-refractivity contribution in [3.05, 3.63) is 40.4 Å². The van der Waals surface area contributed by atoms with Gasteiger partial charge in [0.2, 0.25) is 0 Å². The summed E-state index contributed by atoms with van der Waals surface area (Å²) in [6, 6.07) is 7.35. The van der Waals surface area contributed by atoms with E-state index in [1.54, 1.807) is 0 Å². The van der Waals surface area contributed by atoms with E-state index in [0.29, 0.717) is 17.0 Å². The van der Waals surface area contributed by atoms with E-state index in [1.807, 2.05) is 38.1 Å². The molecule has 19 heavy (non-hydrogen) atoms. The number of aryl methyl sites for hydroxylation is 1. The number of hydrogen-bond donors (Lipinski definition) is 2. The van der Waals surface area contributed by atoms with Gasteiger partial charge in [-0.15, -0.1) is 5.10 Å². The third-order valence-electron chi connectivity index (χ3n) is 2.91. The Morgan fingerprint density at radius 3 is 2.89 bits per heavy atom. The number of aromatic nitrogens is 2. The Morgan fingerprint density at radius 2 is 2.21 bits per heavy atom. The minimum absolute atomic E-state index is 0.150. The Morgan fingerprint density at radius 1 is 1.47 bits per heavy atom. The topological polar surface area (TPSA) is 80.9 Å². The number of rotatable bonds is 4. The van der Waals surface area contributed by atoms with Gasteiger partial charge in [-0.25, -0.2) is 0 Å². The van der Waals surface area contributed by atoms with E-state index in [1.165, 1.54) is 0 Å². The van der Waals surface area contributed by atoms with Crippen LogP contribution in [-0.4, -0.2) is 15.5 Å². The zero-order chi connectivity index (χ0) is 13.8. The standard InChI is InChI=1S/C13H16N4OS/c1-3-11-12(19-17-16-11)13(18)15-8(2)9-6-4-5-7-10(9)14/h4-8H,3,14H2,1-2H3,(H,15,18). The van der Waals surface area contributed by atoms with Gasteiger partial charge < -0.3 is 11.1 Å². The monoisotopic (exact) mass is 276 g/mol. The fraction of sp³-hybridized carbons (Fsp3) is 0.308. The lowest BCUT2D eigenvalue weighted by Gasteiger charge is -2.15. The van der Waals surface area contributed by atoms with Crippen LogP contribution in [0.15, 0.2) is 24.3 Å². The molecule has 1 heterocycles. The third kappa shape index (κ3) is 2.90.